The van der Waals surface area contributed by atoms with Crippen LogP contribution in [-0.2, 0) is 28.0 Å². The molecule has 0 aliphatic heterocycles. The summed E-state index contributed by atoms with van der Waals surface area (Å²) in [5.41, 5.74) is 1.25. The van der Waals surface area contributed by atoms with Gasteiger partial charge in [0.2, 0.25) is 0 Å². The Morgan fingerprint density at radius 2 is 1.84 bits per heavy atom. The van der Waals surface area contributed by atoms with E-state index >= 15 is 0 Å². The first kappa shape index (κ1) is 15.6. The van der Waals surface area contributed by atoms with Gasteiger partial charge in [-0.2, -0.15) is 17.9 Å². The Bertz CT molecular complexity index is 540. The van der Waals surface area contributed by atoms with Gasteiger partial charge in [-0.25, -0.2) is 0 Å². The highest BCUT2D eigenvalue weighted by Gasteiger charge is 2.12. The van der Waals surface area contributed by atoms with Crippen molar-refractivity contribution in [3.8, 4) is 0 Å². The van der Waals surface area contributed by atoms with Crippen LogP contribution in [0.2, 0.25) is 0 Å². The highest BCUT2D eigenvalue weighted by atomic mass is 32.2. The summed E-state index contributed by atoms with van der Waals surface area (Å²) in [5.74, 6) is -0.949. The molecule has 0 bridgehead atoms. The van der Waals surface area contributed by atoms with E-state index in [2.05, 4.69) is 9.44 Å². The van der Waals surface area contributed by atoms with Gasteiger partial charge in [-0.05, 0) is 25.0 Å². The number of rotatable bonds is 7. The van der Waals surface area contributed by atoms with Gasteiger partial charge >= 0.3 is 5.97 Å². The van der Waals surface area contributed by atoms with E-state index in [0.717, 1.165) is 0 Å². The SMILES string of the molecule is CC(C)NS(=O)(=O)NCc1ccccc1CC(=O)O. The Morgan fingerprint density at radius 1 is 1.26 bits per heavy atom. The molecular formula is C12H18N2O4S. The summed E-state index contributed by atoms with van der Waals surface area (Å²) in [4.78, 5) is 10.7. The second-order valence-electron chi connectivity index (χ2n) is 4.44. The molecule has 0 atom stereocenters. The second-order valence-corrected chi connectivity index (χ2v) is 5.97. The lowest BCUT2D eigenvalue weighted by molar-refractivity contribution is -0.136. The maximum atomic E-state index is 11.6. The molecule has 6 nitrogen and oxygen atoms in total. The number of nitrogens with one attached hydrogen (secondary N) is 2. The zero-order chi connectivity index (χ0) is 14.5. The number of aliphatic carboxylic acids is 1. The van der Waals surface area contributed by atoms with E-state index in [9.17, 15) is 13.2 Å². The third kappa shape index (κ3) is 5.82. The van der Waals surface area contributed by atoms with E-state index < -0.39 is 16.2 Å². The van der Waals surface area contributed by atoms with Gasteiger partial charge in [0.25, 0.3) is 10.2 Å². The van der Waals surface area contributed by atoms with Gasteiger partial charge in [-0.1, -0.05) is 24.3 Å². The Hall–Kier alpha value is -1.44. The van der Waals surface area contributed by atoms with Gasteiger partial charge in [0.1, 0.15) is 0 Å². The molecule has 0 saturated heterocycles. The van der Waals surface area contributed by atoms with Crippen molar-refractivity contribution in [1.82, 2.24) is 9.44 Å². The smallest absolute Gasteiger partial charge is 0.307 e. The minimum absolute atomic E-state index is 0.0610. The van der Waals surface area contributed by atoms with E-state index in [0.29, 0.717) is 11.1 Å². The van der Waals surface area contributed by atoms with Crippen molar-refractivity contribution < 1.29 is 18.3 Å². The van der Waals surface area contributed by atoms with Gasteiger partial charge in [0, 0.05) is 12.6 Å². The lowest BCUT2D eigenvalue weighted by Gasteiger charge is -2.12. The van der Waals surface area contributed by atoms with Crippen molar-refractivity contribution in [3.05, 3.63) is 35.4 Å². The molecule has 1 aromatic carbocycles. The molecule has 106 valence electrons. The highest BCUT2D eigenvalue weighted by Crippen LogP contribution is 2.09. The van der Waals surface area contributed by atoms with Gasteiger partial charge in [0.05, 0.1) is 6.42 Å². The standard InChI is InChI=1S/C12H18N2O4S/c1-9(2)14-19(17,18)13-8-11-6-4-3-5-10(11)7-12(15)16/h3-6,9,13-14H,7-8H2,1-2H3,(H,15,16). The van der Waals surface area contributed by atoms with Crippen molar-refractivity contribution in [2.45, 2.75) is 32.9 Å². The lowest BCUT2D eigenvalue weighted by atomic mass is 10.1. The van der Waals surface area contributed by atoms with Gasteiger partial charge in [-0.3, -0.25) is 4.79 Å². The van der Waals surface area contributed by atoms with Crippen molar-refractivity contribution in [2.75, 3.05) is 0 Å². The fourth-order valence-corrected chi connectivity index (χ4v) is 2.64. The van der Waals surface area contributed by atoms with Crippen molar-refractivity contribution >= 4 is 16.2 Å². The van der Waals surface area contributed by atoms with E-state index in [4.69, 9.17) is 5.11 Å². The third-order valence-electron chi connectivity index (χ3n) is 2.30. The van der Waals surface area contributed by atoms with Crippen LogP contribution in [0.1, 0.15) is 25.0 Å². The fraction of sp³-hybridized carbons (Fsp3) is 0.417. The van der Waals surface area contributed by atoms with Crippen LogP contribution in [0.25, 0.3) is 0 Å². The molecule has 0 amide bonds. The van der Waals surface area contributed by atoms with Crippen LogP contribution in [0.15, 0.2) is 24.3 Å². The summed E-state index contributed by atoms with van der Waals surface area (Å²) in [6, 6.07) is 6.64. The molecule has 19 heavy (non-hydrogen) atoms. The second kappa shape index (κ2) is 6.65. The highest BCUT2D eigenvalue weighted by molar-refractivity contribution is 7.87. The quantitative estimate of drug-likeness (QED) is 0.685. The molecular weight excluding hydrogens is 268 g/mol. The number of carbonyl (C=O) groups is 1. The maximum absolute atomic E-state index is 11.6. The molecule has 1 rings (SSSR count). The molecule has 0 spiro atoms. The van der Waals surface area contributed by atoms with Gasteiger partial charge < -0.3 is 5.11 Å². The maximum Gasteiger partial charge on any atom is 0.307 e. The van der Waals surface area contributed by atoms with Crippen molar-refractivity contribution in [1.29, 1.82) is 0 Å². The van der Waals surface area contributed by atoms with Gasteiger partial charge in [0.15, 0.2) is 0 Å². The number of benzene rings is 1. The van der Waals surface area contributed by atoms with Crippen LogP contribution >= 0.6 is 0 Å². The average molecular weight is 286 g/mol. The topological polar surface area (TPSA) is 95.5 Å². The van der Waals surface area contributed by atoms with Crippen LogP contribution in [0, 0.1) is 0 Å². The normalized spacial score (nSPS) is 11.7. The van der Waals surface area contributed by atoms with Crippen LogP contribution < -0.4 is 9.44 Å². The van der Waals surface area contributed by atoms with E-state index in [1.165, 1.54) is 0 Å². The van der Waals surface area contributed by atoms with Crippen molar-refractivity contribution in [3.63, 3.8) is 0 Å². The number of hydrogen-bond donors (Lipinski definition) is 3. The Kier molecular flexibility index (Phi) is 5.46. The number of hydrogen-bond acceptors (Lipinski definition) is 3. The van der Waals surface area contributed by atoms with Crippen LogP contribution in [0.4, 0.5) is 0 Å². The van der Waals surface area contributed by atoms with Crippen molar-refractivity contribution in [2.24, 2.45) is 0 Å². The zero-order valence-electron chi connectivity index (χ0n) is 10.9. The molecule has 0 fully saturated rings. The summed E-state index contributed by atoms with van der Waals surface area (Å²) in [6.07, 6.45) is -0.129. The van der Waals surface area contributed by atoms with Gasteiger partial charge in [-0.15, -0.1) is 0 Å². The van der Waals surface area contributed by atoms with E-state index in [1.54, 1.807) is 38.1 Å². The molecule has 7 heteroatoms. The fourth-order valence-electron chi connectivity index (χ4n) is 1.59. The van der Waals surface area contributed by atoms with E-state index in [1.807, 2.05) is 0 Å². The molecule has 0 aliphatic carbocycles. The summed E-state index contributed by atoms with van der Waals surface area (Å²) in [5, 5.41) is 8.79. The summed E-state index contributed by atoms with van der Waals surface area (Å²) < 4.78 is 28.0. The molecule has 0 aliphatic rings. The molecule has 1 aromatic rings. The molecule has 0 saturated carbocycles. The molecule has 0 unspecified atom stereocenters. The van der Waals surface area contributed by atoms with Crippen LogP contribution in [0.3, 0.4) is 0 Å². The van der Waals surface area contributed by atoms with E-state index in [-0.39, 0.29) is 19.0 Å². The molecule has 3 N–H and O–H groups in total. The lowest BCUT2D eigenvalue weighted by Crippen LogP contribution is -2.40. The monoisotopic (exact) mass is 286 g/mol. The molecule has 0 heterocycles. The zero-order valence-corrected chi connectivity index (χ0v) is 11.7. The predicted octanol–water partition coefficient (Wildman–Crippen LogP) is 0.646. The summed E-state index contributed by atoms with van der Waals surface area (Å²) in [7, 11) is -3.57. The van der Waals surface area contributed by atoms with Crippen LogP contribution in [0.5, 0.6) is 0 Å². The summed E-state index contributed by atoms with van der Waals surface area (Å²) in [6.45, 7) is 3.50. The first-order valence-corrected chi connectivity index (χ1v) is 7.34. The number of carboxylic acids is 1. The Labute approximate surface area is 113 Å². The minimum Gasteiger partial charge on any atom is -0.481 e. The first-order chi connectivity index (χ1) is 8.80. The van der Waals surface area contributed by atoms with Crippen LogP contribution in [-0.4, -0.2) is 25.5 Å². The Balaban J connectivity index is 2.75. The predicted molar refractivity (Wildman–Crippen MR) is 71.8 cm³/mol. The first-order valence-electron chi connectivity index (χ1n) is 5.85. The third-order valence-corrected chi connectivity index (χ3v) is 3.61. The average Bonchev–Trinajstić information content (AvgIpc) is 2.25. The molecule has 0 radical (unpaired) electrons. The number of carboxylic acid groups (broad SMARTS) is 1. The largest absolute Gasteiger partial charge is 0.481 e. The molecule has 0 aromatic heterocycles. The minimum atomic E-state index is -3.57. The Morgan fingerprint density at radius 3 is 2.37 bits per heavy atom. The summed E-state index contributed by atoms with van der Waals surface area (Å²) >= 11 is 0.